The number of amides is 1. The van der Waals surface area contributed by atoms with E-state index in [9.17, 15) is 4.79 Å². The van der Waals surface area contributed by atoms with Crippen LogP contribution in [-0.2, 0) is 4.79 Å². The molecule has 3 heteroatoms. The number of nitrogens with one attached hydrogen (secondary N) is 1. The third-order valence-electron chi connectivity index (χ3n) is 3.00. The van der Waals surface area contributed by atoms with E-state index in [-0.39, 0.29) is 18.0 Å². The predicted molar refractivity (Wildman–Crippen MR) is 66.9 cm³/mol. The van der Waals surface area contributed by atoms with E-state index in [1.165, 1.54) is 5.56 Å². The van der Waals surface area contributed by atoms with Gasteiger partial charge in [-0.15, -0.1) is 0 Å². The average molecular weight is 218 g/mol. The highest BCUT2D eigenvalue weighted by atomic mass is 16.2. The van der Waals surface area contributed by atoms with Crippen molar-refractivity contribution in [3.8, 4) is 0 Å². The van der Waals surface area contributed by atoms with Crippen LogP contribution >= 0.6 is 0 Å². The Bertz CT molecular complexity index is 426. The Hall–Kier alpha value is -1.51. The lowest BCUT2D eigenvalue weighted by Crippen LogP contribution is -2.49. The molecular formula is C13H18N2O. The minimum atomic E-state index is -0.143. The standard InChI is InChI=1S/C13H18N2O/c1-8(2)15-11-7-5-6-9(3)12(11)14-10(4)13(15)16/h5-8,10,14H,1-4H3. The van der Waals surface area contributed by atoms with Crippen molar-refractivity contribution in [3.63, 3.8) is 0 Å². The van der Waals surface area contributed by atoms with E-state index in [0.717, 1.165) is 11.4 Å². The van der Waals surface area contributed by atoms with Crippen LogP contribution in [0.2, 0.25) is 0 Å². The Morgan fingerprint density at radius 1 is 1.38 bits per heavy atom. The second-order valence-electron chi connectivity index (χ2n) is 4.64. The van der Waals surface area contributed by atoms with Crippen molar-refractivity contribution in [2.24, 2.45) is 0 Å². The molecule has 0 saturated carbocycles. The fourth-order valence-electron chi connectivity index (χ4n) is 2.18. The minimum Gasteiger partial charge on any atom is -0.372 e. The molecule has 0 aromatic heterocycles. The van der Waals surface area contributed by atoms with E-state index in [2.05, 4.69) is 18.3 Å². The summed E-state index contributed by atoms with van der Waals surface area (Å²) in [6.07, 6.45) is 0. The summed E-state index contributed by atoms with van der Waals surface area (Å²) in [5.41, 5.74) is 3.27. The summed E-state index contributed by atoms with van der Waals surface area (Å²) in [5.74, 6) is 0.146. The summed E-state index contributed by atoms with van der Waals surface area (Å²) in [6.45, 7) is 8.06. The van der Waals surface area contributed by atoms with Crippen molar-refractivity contribution in [1.82, 2.24) is 0 Å². The Labute approximate surface area is 96.5 Å². The molecule has 0 saturated heterocycles. The molecule has 0 fully saturated rings. The van der Waals surface area contributed by atoms with E-state index in [0.29, 0.717) is 0 Å². The van der Waals surface area contributed by atoms with Gasteiger partial charge in [0.2, 0.25) is 5.91 Å². The quantitative estimate of drug-likeness (QED) is 0.785. The number of rotatable bonds is 1. The van der Waals surface area contributed by atoms with E-state index < -0.39 is 0 Å². The van der Waals surface area contributed by atoms with Crippen LogP contribution in [0, 0.1) is 6.92 Å². The maximum absolute atomic E-state index is 12.1. The predicted octanol–water partition coefficient (Wildman–Crippen LogP) is 2.55. The summed E-state index contributed by atoms with van der Waals surface area (Å²) in [6, 6.07) is 6.11. The first-order valence-electron chi connectivity index (χ1n) is 5.71. The van der Waals surface area contributed by atoms with Gasteiger partial charge in [0.25, 0.3) is 0 Å². The molecule has 1 aliphatic rings. The van der Waals surface area contributed by atoms with Gasteiger partial charge in [-0.05, 0) is 39.3 Å². The molecule has 1 aromatic rings. The van der Waals surface area contributed by atoms with Gasteiger partial charge in [-0.2, -0.15) is 0 Å². The number of hydrogen-bond acceptors (Lipinski definition) is 2. The SMILES string of the molecule is Cc1cccc2c1NC(C)C(=O)N2C(C)C. The molecule has 0 spiro atoms. The minimum absolute atomic E-state index is 0.143. The molecule has 0 aliphatic carbocycles. The molecule has 3 nitrogen and oxygen atoms in total. The molecular weight excluding hydrogens is 200 g/mol. The van der Waals surface area contributed by atoms with Crippen LogP contribution in [0.4, 0.5) is 11.4 Å². The normalized spacial score (nSPS) is 19.7. The number of carbonyl (C=O) groups excluding carboxylic acids is 1. The molecule has 2 rings (SSSR count). The van der Waals surface area contributed by atoms with E-state index in [1.807, 2.05) is 37.8 Å². The fourth-order valence-corrected chi connectivity index (χ4v) is 2.18. The zero-order chi connectivity index (χ0) is 11.9. The first-order chi connectivity index (χ1) is 7.52. The van der Waals surface area contributed by atoms with Crippen molar-refractivity contribution < 1.29 is 4.79 Å². The van der Waals surface area contributed by atoms with Crippen molar-refractivity contribution >= 4 is 17.3 Å². The molecule has 0 bridgehead atoms. The van der Waals surface area contributed by atoms with Crippen molar-refractivity contribution in [2.45, 2.75) is 39.8 Å². The molecule has 1 amide bonds. The number of nitrogens with zero attached hydrogens (tertiary/aromatic N) is 1. The third kappa shape index (κ3) is 1.56. The summed E-state index contributed by atoms with van der Waals surface area (Å²) in [5, 5.41) is 3.27. The largest absolute Gasteiger partial charge is 0.372 e. The van der Waals surface area contributed by atoms with Gasteiger partial charge >= 0.3 is 0 Å². The Balaban J connectivity index is 2.56. The van der Waals surface area contributed by atoms with Crippen molar-refractivity contribution in [3.05, 3.63) is 23.8 Å². The van der Waals surface area contributed by atoms with Gasteiger partial charge in [0.1, 0.15) is 6.04 Å². The van der Waals surface area contributed by atoms with E-state index in [4.69, 9.17) is 0 Å². The molecule has 1 heterocycles. The molecule has 1 atom stereocenters. The van der Waals surface area contributed by atoms with Crippen LogP contribution in [0.5, 0.6) is 0 Å². The average Bonchev–Trinajstić information content (AvgIpc) is 2.21. The Kier molecular flexibility index (Phi) is 2.62. The summed E-state index contributed by atoms with van der Waals surface area (Å²) < 4.78 is 0. The van der Waals surface area contributed by atoms with Crippen LogP contribution in [0.25, 0.3) is 0 Å². The van der Waals surface area contributed by atoms with Crippen LogP contribution < -0.4 is 10.2 Å². The monoisotopic (exact) mass is 218 g/mol. The fraction of sp³-hybridized carbons (Fsp3) is 0.462. The first kappa shape index (κ1) is 11.0. The van der Waals surface area contributed by atoms with Gasteiger partial charge < -0.3 is 10.2 Å². The molecule has 86 valence electrons. The number of aryl methyl sites for hydroxylation is 1. The molecule has 16 heavy (non-hydrogen) atoms. The second kappa shape index (κ2) is 3.81. The van der Waals surface area contributed by atoms with Crippen LogP contribution in [0.15, 0.2) is 18.2 Å². The van der Waals surface area contributed by atoms with E-state index >= 15 is 0 Å². The summed E-state index contributed by atoms with van der Waals surface area (Å²) in [7, 11) is 0. The Morgan fingerprint density at radius 2 is 2.06 bits per heavy atom. The lowest BCUT2D eigenvalue weighted by atomic mass is 10.0. The van der Waals surface area contributed by atoms with Crippen LogP contribution in [-0.4, -0.2) is 18.0 Å². The van der Waals surface area contributed by atoms with Gasteiger partial charge in [-0.1, -0.05) is 12.1 Å². The number of para-hydroxylation sites is 1. The zero-order valence-electron chi connectivity index (χ0n) is 10.2. The van der Waals surface area contributed by atoms with Crippen molar-refractivity contribution in [2.75, 3.05) is 10.2 Å². The highest BCUT2D eigenvalue weighted by molar-refractivity contribution is 6.05. The number of carbonyl (C=O) groups is 1. The maximum Gasteiger partial charge on any atom is 0.249 e. The van der Waals surface area contributed by atoms with Gasteiger partial charge in [-0.3, -0.25) is 4.79 Å². The summed E-state index contributed by atoms with van der Waals surface area (Å²) >= 11 is 0. The molecule has 1 N–H and O–H groups in total. The number of anilines is 2. The van der Waals surface area contributed by atoms with Gasteiger partial charge in [0.15, 0.2) is 0 Å². The van der Waals surface area contributed by atoms with Gasteiger partial charge in [-0.25, -0.2) is 0 Å². The second-order valence-corrected chi connectivity index (χ2v) is 4.64. The highest BCUT2D eigenvalue weighted by Gasteiger charge is 2.31. The van der Waals surface area contributed by atoms with Gasteiger partial charge in [0.05, 0.1) is 11.4 Å². The molecule has 0 radical (unpaired) electrons. The lowest BCUT2D eigenvalue weighted by Gasteiger charge is -2.37. The van der Waals surface area contributed by atoms with Crippen LogP contribution in [0.3, 0.4) is 0 Å². The van der Waals surface area contributed by atoms with Gasteiger partial charge in [0, 0.05) is 6.04 Å². The maximum atomic E-state index is 12.1. The summed E-state index contributed by atoms with van der Waals surface area (Å²) in [4.78, 5) is 14.0. The highest BCUT2D eigenvalue weighted by Crippen LogP contribution is 2.35. The number of benzene rings is 1. The van der Waals surface area contributed by atoms with E-state index in [1.54, 1.807) is 0 Å². The van der Waals surface area contributed by atoms with Crippen LogP contribution in [0.1, 0.15) is 26.3 Å². The first-order valence-corrected chi connectivity index (χ1v) is 5.71. The zero-order valence-corrected chi connectivity index (χ0v) is 10.2. The third-order valence-corrected chi connectivity index (χ3v) is 3.00. The smallest absolute Gasteiger partial charge is 0.249 e. The molecule has 1 aromatic carbocycles. The lowest BCUT2D eigenvalue weighted by molar-refractivity contribution is -0.119. The topological polar surface area (TPSA) is 32.3 Å². The molecule has 1 aliphatic heterocycles. The number of hydrogen-bond donors (Lipinski definition) is 1. The van der Waals surface area contributed by atoms with Crippen molar-refractivity contribution in [1.29, 1.82) is 0 Å². The number of fused-ring (bicyclic) bond motifs is 1. The Morgan fingerprint density at radius 3 is 2.69 bits per heavy atom. The molecule has 1 unspecified atom stereocenters.